The Hall–Kier alpha value is -6.06. The van der Waals surface area contributed by atoms with Gasteiger partial charge in [0.2, 0.25) is 11.0 Å². The highest BCUT2D eigenvalue weighted by molar-refractivity contribution is 6.08. The van der Waals surface area contributed by atoms with E-state index in [4.69, 9.17) is 9.95 Å². The smallest absolute Gasteiger partial charge is 0.339 e. The average Bonchev–Trinajstić information content (AvgIpc) is 3.06. The van der Waals surface area contributed by atoms with Crippen LogP contribution in [0.3, 0.4) is 0 Å². The quantitative estimate of drug-likeness (QED) is 0.0511. The summed E-state index contributed by atoms with van der Waals surface area (Å²) in [7, 11) is 3.68. The number of hydrogen-bond acceptors (Lipinski definition) is 4. The summed E-state index contributed by atoms with van der Waals surface area (Å²) in [5.41, 5.74) is 8.43. The van der Waals surface area contributed by atoms with Gasteiger partial charge in [0.05, 0.1) is 6.07 Å². The maximum atomic E-state index is 16.1. The number of rotatable bonds is 6. The van der Waals surface area contributed by atoms with Crippen molar-refractivity contribution in [2.45, 2.75) is 0 Å². The lowest BCUT2D eigenvalue weighted by Crippen LogP contribution is -2.21. The molecule has 0 bridgehead atoms. The van der Waals surface area contributed by atoms with E-state index in [1.807, 2.05) is 84.2 Å². The van der Waals surface area contributed by atoms with E-state index in [2.05, 4.69) is 10.0 Å². The van der Waals surface area contributed by atoms with Crippen LogP contribution in [0.4, 0.5) is 35.9 Å². The molecule has 0 atom stereocenters. The molecule has 0 unspecified atom stereocenters. The van der Waals surface area contributed by atoms with Crippen molar-refractivity contribution in [1.82, 2.24) is 4.58 Å². The first-order valence-corrected chi connectivity index (χ1v) is 13.6. The van der Waals surface area contributed by atoms with Crippen molar-refractivity contribution in [3.63, 3.8) is 0 Å². The second-order valence-electron chi connectivity index (χ2n) is 10.2. The van der Waals surface area contributed by atoms with Gasteiger partial charge in [0.1, 0.15) is 35.5 Å². The predicted molar refractivity (Wildman–Crippen MR) is 166 cm³/mol. The molecular formula is C34H23F3N5O3+. The fraction of sp³-hybridized carbons (Fsp3) is 0.0588. The Balaban J connectivity index is 1.75. The third-order valence-corrected chi connectivity index (χ3v) is 7.66. The fourth-order valence-corrected chi connectivity index (χ4v) is 5.37. The van der Waals surface area contributed by atoms with E-state index in [0.29, 0.717) is 11.0 Å². The Morgan fingerprint density at radius 2 is 1.56 bits per heavy atom. The lowest BCUT2D eigenvalue weighted by atomic mass is 9.89. The molecule has 0 radical (unpaired) electrons. The molecule has 0 aromatic heterocycles. The minimum absolute atomic E-state index is 0.0720. The number of azide groups is 1. The number of hydrogen-bond donors (Lipinski definition) is 1. The molecule has 45 heavy (non-hydrogen) atoms. The van der Waals surface area contributed by atoms with Crippen LogP contribution in [0.2, 0.25) is 0 Å². The molecule has 11 heteroatoms. The summed E-state index contributed by atoms with van der Waals surface area (Å²) in [6.07, 6.45) is 0. The van der Waals surface area contributed by atoms with Gasteiger partial charge in [-0.25, -0.2) is 18.0 Å². The maximum Gasteiger partial charge on any atom is 0.339 e. The van der Waals surface area contributed by atoms with E-state index < -0.39 is 40.2 Å². The van der Waals surface area contributed by atoms with Crippen LogP contribution in [0, 0.1) is 17.5 Å². The van der Waals surface area contributed by atoms with Crippen LogP contribution < -0.4 is 14.8 Å². The van der Waals surface area contributed by atoms with E-state index in [9.17, 15) is 14.3 Å². The van der Waals surface area contributed by atoms with Gasteiger partial charge in [-0.15, -0.1) is 0 Å². The van der Waals surface area contributed by atoms with Crippen LogP contribution in [0.1, 0.15) is 10.4 Å². The molecule has 4 aromatic rings. The molecule has 1 heterocycles. The highest BCUT2D eigenvalue weighted by atomic mass is 19.2. The number of para-hydroxylation sites is 2. The van der Waals surface area contributed by atoms with Gasteiger partial charge in [0.25, 0.3) is 0 Å². The summed E-state index contributed by atoms with van der Waals surface area (Å²) in [6.45, 7) is 0. The Labute approximate surface area is 254 Å². The average molecular weight is 607 g/mol. The number of carbonyl (C=O) groups is 1. The van der Waals surface area contributed by atoms with Gasteiger partial charge in [-0.3, -0.25) is 0 Å². The van der Waals surface area contributed by atoms with Gasteiger partial charge < -0.3 is 14.4 Å². The topological polar surface area (TPSA) is 105 Å². The highest BCUT2D eigenvalue weighted by Gasteiger charge is 2.32. The molecular weight excluding hydrogens is 583 g/mol. The first-order valence-electron chi connectivity index (χ1n) is 13.6. The Bertz CT molecular complexity index is 2210. The van der Waals surface area contributed by atoms with E-state index in [1.54, 1.807) is 36.4 Å². The summed E-state index contributed by atoms with van der Waals surface area (Å²) < 4.78 is 54.5. The summed E-state index contributed by atoms with van der Waals surface area (Å²) in [6, 6.07) is 28.9. The van der Waals surface area contributed by atoms with Crippen LogP contribution >= 0.6 is 0 Å². The van der Waals surface area contributed by atoms with E-state index in [-0.39, 0.29) is 27.9 Å². The van der Waals surface area contributed by atoms with Crippen molar-refractivity contribution in [2.24, 2.45) is 5.11 Å². The molecule has 1 aliphatic heterocycles. The maximum absolute atomic E-state index is 16.1. The van der Waals surface area contributed by atoms with Crippen molar-refractivity contribution in [2.75, 3.05) is 19.0 Å². The zero-order valence-corrected chi connectivity index (χ0v) is 23.9. The number of anilines is 2. The first-order chi connectivity index (χ1) is 21.7. The Morgan fingerprint density at radius 1 is 0.867 bits per heavy atom. The second kappa shape index (κ2) is 11.6. The molecule has 0 fully saturated rings. The van der Waals surface area contributed by atoms with E-state index in [1.165, 1.54) is 0 Å². The molecule has 0 spiro atoms. The van der Waals surface area contributed by atoms with Crippen molar-refractivity contribution < 1.29 is 27.5 Å². The number of fused-ring (bicyclic) bond motifs is 2. The van der Waals surface area contributed by atoms with Gasteiger partial charge in [-0.2, -0.15) is 4.58 Å². The lowest BCUT2D eigenvalue weighted by Gasteiger charge is -2.22. The minimum Gasteiger partial charge on any atom is -0.478 e. The number of aromatic carboxylic acids is 1. The number of benzene rings is 5. The van der Waals surface area contributed by atoms with Crippen molar-refractivity contribution in [1.29, 1.82) is 0 Å². The Kier molecular flexibility index (Phi) is 7.45. The van der Waals surface area contributed by atoms with Crippen molar-refractivity contribution in [3.8, 4) is 22.5 Å². The van der Waals surface area contributed by atoms with Crippen LogP contribution in [0.25, 0.3) is 43.9 Å². The van der Waals surface area contributed by atoms with Crippen LogP contribution in [0.5, 0.6) is 0 Å². The summed E-state index contributed by atoms with van der Waals surface area (Å²) >= 11 is 0. The number of halogens is 3. The molecule has 0 saturated heterocycles. The molecule has 1 aliphatic carbocycles. The molecule has 0 saturated carbocycles. The third-order valence-electron chi connectivity index (χ3n) is 7.66. The standard InChI is InChI=1S/C34H22F3N5O3/c1-41(19-9-5-3-6-10-19)21-13-15-23-25(17-21)45-26-18-22(42(2)20-11-7-4-8-12-20)14-16-24(26)27(23)28-29(34(43)44)30(35)32(37)33(31(28)36)39-40-38/h3-18H,1-2H3/p+1. The Morgan fingerprint density at radius 3 is 2.22 bits per heavy atom. The summed E-state index contributed by atoms with van der Waals surface area (Å²) in [5.74, 6) is -6.98. The number of carboxylic acid groups (broad SMARTS) is 1. The third kappa shape index (κ3) is 5.01. The van der Waals surface area contributed by atoms with Gasteiger partial charge in [-0.05, 0) is 35.9 Å². The molecule has 4 aromatic carbocycles. The van der Waals surface area contributed by atoms with E-state index in [0.717, 1.165) is 11.4 Å². The zero-order chi connectivity index (χ0) is 31.8. The number of nitrogens with zero attached hydrogens (tertiary/aromatic N) is 5. The van der Waals surface area contributed by atoms with E-state index >= 15 is 8.78 Å². The summed E-state index contributed by atoms with van der Waals surface area (Å²) in [5, 5.41) is 13.9. The number of carboxylic acids is 1. The highest BCUT2D eigenvalue weighted by Crippen LogP contribution is 2.46. The largest absolute Gasteiger partial charge is 0.478 e. The summed E-state index contributed by atoms with van der Waals surface area (Å²) in [4.78, 5) is 16.7. The first kappa shape index (κ1) is 29.0. The second-order valence-corrected chi connectivity index (χ2v) is 10.2. The molecule has 0 amide bonds. The van der Waals surface area contributed by atoms with Crippen LogP contribution in [-0.2, 0) is 0 Å². The lowest BCUT2D eigenvalue weighted by molar-refractivity contribution is 0.0691. The SMILES string of the molecule is CN(c1ccccc1)c1ccc2c(-c3c(F)c(N=[N+]=[N-])c(F)c(F)c3C(=O)O)c3ccc(=[N+](C)c4ccccc4)cc-3oc2c1. The molecule has 6 rings (SSSR count). The minimum atomic E-state index is -1.91. The van der Waals surface area contributed by atoms with Gasteiger partial charge in [-0.1, -0.05) is 41.5 Å². The zero-order valence-electron chi connectivity index (χ0n) is 23.9. The molecule has 2 aliphatic rings. The monoisotopic (exact) mass is 606 g/mol. The van der Waals surface area contributed by atoms with Crippen molar-refractivity contribution in [3.05, 3.63) is 136 Å². The van der Waals surface area contributed by atoms with Crippen LogP contribution in [-0.4, -0.2) is 25.2 Å². The normalized spacial score (nSPS) is 11.8. The molecule has 222 valence electrons. The van der Waals surface area contributed by atoms with Gasteiger partial charge in [0, 0.05) is 69.7 Å². The van der Waals surface area contributed by atoms with Crippen LogP contribution in [0.15, 0.2) is 107 Å². The molecule has 8 nitrogen and oxygen atoms in total. The van der Waals surface area contributed by atoms with Crippen molar-refractivity contribution >= 4 is 39.7 Å². The van der Waals surface area contributed by atoms with Gasteiger partial charge in [0.15, 0.2) is 11.6 Å². The predicted octanol–water partition coefficient (Wildman–Crippen LogP) is 8.76. The molecule has 1 N–H and O–H groups in total. The van der Waals surface area contributed by atoms with Gasteiger partial charge >= 0.3 is 5.97 Å². The fourth-order valence-electron chi connectivity index (χ4n) is 5.37.